The molecule has 0 aromatic carbocycles. The molecule has 0 spiro atoms. The molecule has 15 heavy (non-hydrogen) atoms. The van der Waals surface area contributed by atoms with Gasteiger partial charge < -0.3 is 11.5 Å². The summed E-state index contributed by atoms with van der Waals surface area (Å²) in [6.45, 7) is 5.30. The highest BCUT2D eigenvalue weighted by molar-refractivity contribution is 7.15. The second-order valence-electron chi connectivity index (χ2n) is 3.52. The fourth-order valence-corrected chi connectivity index (χ4v) is 2.70. The minimum atomic E-state index is 0.0773. The molecule has 1 aliphatic rings. The van der Waals surface area contributed by atoms with Gasteiger partial charge in [-0.05, 0) is 6.54 Å². The molecule has 2 heterocycles. The van der Waals surface area contributed by atoms with Gasteiger partial charge in [0.25, 0.3) is 0 Å². The van der Waals surface area contributed by atoms with Crippen LogP contribution in [0, 0.1) is 0 Å². The molecule has 5 nitrogen and oxygen atoms in total. The van der Waals surface area contributed by atoms with Crippen molar-refractivity contribution < 1.29 is 0 Å². The van der Waals surface area contributed by atoms with E-state index in [2.05, 4.69) is 21.8 Å². The number of aliphatic imine (C=N–C) groups is 1. The number of likely N-dealkylation sites (N-methyl/N-ethyl adjacent to an activating group) is 1. The second kappa shape index (κ2) is 4.16. The lowest BCUT2D eigenvalue weighted by Crippen LogP contribution is -2.29. The van der Waals surface area contributed by atoms with Crippen molar-refractivity contribution in [3.05, 3.63) is 10.6 Å². The zero-order valence-electron chi connectivity index (χ0n) is 8.73. The first-order valence-electron chi connectivity index (χ1n) is 4.99. The highest BCUT2D eigenvalue weighted by Gasteiger charge is 2.19. The molecule has 0 saturated carbocycles. The summed E-state index contributed by atoms with van der Waals surface area (Å²) in [5, 5.41) is 0.679. The summed E-state index contributed by atoms with van der Waals surface area (Å²) in [7, 11) is 0. The maximum atomic E-state index is 5.32. The fraction of sp³-hybridized carbons (Fsp3) is 0.556. The van der Waals surface area contributed by atoms with Gasteiger partial charge in [-0.25, -0.2) is 4.98 Å². The zero-order valence-corrected chi connectivity index (χ0v) is 9.55. The van der Waals surface area contributed by atoms with Gasteiger partial charge in [-0.15, -0.1) is 0 Å². The molecule has 0 saturated heterocycles. The molecule has 0 unspecified atom stereocenters. The third kappa shape index (κ3) is 2.27. The molecule has 1 aromatic heterocycles. The molecule has 0 atom stereocenters. The molecule has 2 rings (SSSR count). The van der Waals surface area contributed by atoms with Crippen LogP contribution in [0.15, 0.2) is 4.99 Å². The Kier molecular flexibility index (Phi) is 2.88. The topological polar surface area (TPSA) is 80.5 Å². The molecule has 1 aliphatic heterocycles. The predicted molar refractivity (Wildman–Crippen MR) is 62.2 cm³/mol. The van der Waals surface area contributed by atoms with Crippen molar-refractivity contribution in [3.63, 3.8) is 0 Å². The minimum absolute atomic E-state index is 0.0773. The van der Waals surface area contributed by atoms with Crippen LogP contribution in [-0.4, -0.2) is 28.9 Å². The molecule has 0 radical (unpaired) electrons. The monoisotopic (exact) mass is 225 g/mol. The Morgan fingerprint density at radius 1 is 1.60 bits per heavy atom. The van der Waals surface area contributed by atoms with Gasteiger partial charge in [0.1, 0.15) is 0 Å². The molecule has 0 aliphatic carbocycles. The number of aromatic nitrogens is 1. The van der Waals surface area contributed by atoms with Crippen LogP contribution in [0.3, 0.4) is 0 Å². The number of nitrogens with two attached hydrogens (primary N) is 2. The van der Waals surface area contributed by atoms with Crippen molar-refractivity contribution >= 4 is 22.4 Å². The van der Waals surface area contributed by atoms with E-state index in [1.165, 1.54) is 4.88 Å². The van der Waals surface area contributed by atoms with Crippen LogP contribution >= 0.6 is 11.3 Å². The number of rotatable bonds is 2. The Morgan fingerprint density at radius 3 is 3.07 bits per heavy atom. The van der Waals surface area contributed by atoms with Gasteiger partial charge in [-0.3, -0.25) is 4.90 Å². The Bertz CT molecular complexity index is 380. The van der Waals surface area contributed by atoms with E-state index in [0.29, 0.717) is 5.13 Å². The Morgan fingerprint density at radius 2 is 2.40 bits per heavy atom. The van der Waals surface area contributed by atoms with Crippen molar-refractivity contribution in [2.24, 2.45) is 16.5 Å². The molecule has 4 N–H and O–H groups in total. The highest BCUT2D eigenvalue weighted by Crippen LogP contribution is 2.29. The van der Waals surface area contributed by atoms with Gasteiger partial charge in [-0.1, -0.05) is 18.3 Å². The molecule has 6 heteroatoms. The maximum absolute atomic E-state index is 5.32. The second-order valence-corrected chi connectivity index (χ2v) is 4.58. The van der Waals surface area contributed by atoms with Gasteiger partial charge in [0.05, 0.1) is 5.69 Å². The van der Waals surface area contributed by atoms with E-state index in [-0.39, 0.29) is 5.96 Å². The van der Waals surface area contributed by atoms with E-state index in [0.717, 1.165) is 31.7 Å². The van der Waals surface area contributed by atoms with E-state index in [9.17, 15) is 0 Å². The Labute approximate surface area is 92.8 Å². The summed E-state index contributed by atoms with van der Waals surface area (Å²) >= 11 is 1.58. The average Bonchev–Trinajstić information content (AvgIpc) is 2.57. The largest absolute Gasteiger partial charge is 0.370 e. The van der Waals surface area contributed by atoms with E-state index >= 15 is 0 Å². The normalized spacial score (nSPS) is 16.1. The molecule has 0 fully saturated rings. The van der Waals surface area contributed by atoms with Crippen LogP contribution in [-0.2, 0) is 13.0 Å². The molecule has 0 amide bonds. The summed E-state index contributed by atoms with van der Waals surface area (Å²) in [5.74, 6) is 0.0773. The molecule has 0 bridgehead atoms. The van der Waals surface area contributed by atoms with Crippen molar-refractivity contribution in [2.75, 3.05) is 13.1 Å². The highest BCUT2D eigenvalue weighted by atomic mass is 32.1. The SMILES string of the molecule is CCN1CCc2nc(N=C(N)N)sc2C1. The first-order chi connectivity index (χ1) is 7.19. The number of fused-ring (bicyclic) bond motifs is 1. The van der Waals surface area contributed by atoms with Crippen molar-refractivity contribution in [1.29, 1.82) is 0 Å². The lowest BCUT2D eigenvalue weighted by molar-refractivity contribution is 0.270. The number of guanidine groups is 1. The first-order valence-corrected chi connectivity index (χ1v) is 5.81. The number of nitrogens with zero attached hydrogens (tertiary/aromatic N) is 3. The number of thiazole rings is 1. The standard InChI is InChI=1S/C9H15N5S/c1-2-14-4-3-6-7(5-14)15-9(12-6)13-8(10)11/h2-5H2,1H3,(H4,10,11,12,13). The molecule has 82 valence electrons. The third-order valence-electron chi connectivity index (χ3n) is 2.47. The fourth-order valence-electron chi connectivity index (χ4n) is 1.66. The molecular weight excluding hydrogens is 210 g/mol. The van der Waals surface area contributed by atoms with E-state index in [1.54, 1.807) is 11.3 Å². The summed E-state index contributed by atoms with van der Waals surface area (Å²) in [6, 6.07) is 0. The van der Waals surface area contributed by atoms with Gasteiger partial charge in [0.15, 0.2) is 5.96 Å². The van der Waals surface area contributed by atoms with Crippen LogP contribution in [0.4, 0.5) is 5.13 Å². The maximum Gasteiger partial charge on any atom is 0.212 e. The lowest BCUT2D eigenvalue weighted by Gasteiger charge is -2.23. The predicted octanol–water partition coefficient (Wildman–Crippen LogP) is 0.426. The summed E-state index contributed by atoms with van der Waals surface area (Å²) in [4.78, 5) is 12.1. The molecular formula is C9H15N5S. The Balaban J connectivity index is 2.21. The Hall–Kier alpha value is -1.14. The van der Waals surface area contributed by atoms with Crippen molar-refractivity contribution in [2.45, 2.75) is 19.9 Å². The summed E-state index contributed by atoms with van der Waals surface area (Å²) in [5.41, 5.74) is 11.8. The quantitative estimate of drug-likeness (QED) is 0.565. The van der Waals surface area contributed by atoms with E-state index in [1.807, 2.05) is 0 Å². The van der Waals surface area contributed by atoms with Crippen LogP contribution in [0.2, 0.25) is 0 Å². The van der Waals surface area contributed by atoms with Crippen LogP contribution < -0.4 is 11.5 Å². The number of hydrogen-bond acceptors (Lipinski definition) is 4. The van der Waals surface area contributed by atoms with Crippen LogP contribution in [0.25, 0.3) is 0 Å². The zero-order chi connectivity index (χ0) is 10.8. The van der Waals surface area contributed by atoms with Gasteiger partial charge in [-0.2, -0.15) is 4.99 Å². The van der Waals surface area contributed by atoms with Crippen molar-refractivity contribution in [1.82, 2.24) is 9.88 Å². The summed E-state index contributed by atoms with van der Waals surface area (Å²) in [6.07, 6.45) is 1.000. The lowest BCUT2D eigenvalue weighted by atomic mass is 10.2. The number of hydrogen-bond donors (Lipinski definition) is 2. The summed E-state index contributed by atoms with van der Waals surface area (Å²) < 4.78 is 0. The van der Waals surface area contributed by atoms with Gasteiger partial charge in [0.2, 0.25) is 5.13 Å². The smallest absolute Gasteiger partial charge is 0.212 e. The van der Waals surface area contributed by atoms with Gasteiger partial charge >= 0.3 is 0 Å². The average molecular weight is 225 g/mol. The third-order valence-corrected chi connectivity index (χ3v) is 3.45. The van der Waals surface area contributed by atoms with E-state index < -0.39 is 0 Å². The van der Waals surface area contributed by atoms with Crippen molar-refractivity contribution in [3.8, 4) is 0 Å². The van der Waals surface area contributed by atoms with E-state index in [4.69, 9.17) is 11.5 Å². The van der Waals surface area contributed by atoms with Gasteiger partial charge in [0, 0.05) is 24.4 Å². The van der Waals surface area contributed by atoms with Crippen LogP contribution in [0.1, 0.15) is 17.5 Å². The van der Waals surface area contributed by atoms with Crippen LogP contribution in [0.5, 0.6) is 0 Å². The first kappa shape index (κ1) is 10.4. The minimum Gasteiger partial charge on any atom is -0.370 e. The molecule has 1 aromatic rings.